The van der Waals surface area contributed by atoms with Crippen molar-refractivity contribution in [3.63, 3.8) is 0 Å². The van der Waals surface area contributed by atoms with Crippen molar-refractivity contribution in [2.75, 3.05) is 18.4 Å². The Labute approximate surface area is 217 Å². The first-order valence-corrected chi connectivity index (χ1v) is 12.8. The van der Waals surface area contributed by atoms with Gasteiger partial charge in [-0.15, -0.1) is 0 Å². The van der Waals surface area contributed by atoms with Gasteiger partial charge < -0.3 is 10.2 Å². The molecule has 7 nitrogen and oxygen atoms in total. The molecule has 2 amide bonds. The van der Waals surface area contributed by atoms with Crippen LogP contribution in [-0.4, -0.2) is 44.6 Å². The zero-order chi connectivity index (χ0) is 26.3. The summed E-state index contributed by atoms with van der Waals surface area (Å²) in [6, 6.07) is 17.2. The highest BCUT2D eigenvalue weighted by Gasteiger charge is 2.27. The third-order valence-electron chi connectivity index (χ3n) is 7.17. The van der Waals surface area contributed by atoms with E-state index in [9.17, 15) is 9.59 Å². The summed E-state index contributed by atoms with van der Waals surface area (Å²) in [4.78, 5) is 33.8. The van der Waals surface area contributed by atoms with E-state index in [1.54, 1.807) is 10.7 Å². The number of aromatic nitrogens is 3. The van der Waals surface area contributed by atoms with E-state index in [1.165, 1.54) is 0 Å². The van der Waals surface area contributed by atoms with E-state index >= 15 is 0 Å². The monoisotopic (exact) mass is 495 g/mol. The first kappa shape index (κ1) is 24.7. The molecule has 2 atom stereocenters. The van der Waals surface area contributed by atoms with Gasteiger partial charge >= 0.3 is 0 Å². The number of carbonyl (C=O) groups is 2. The van der Waals surface area contributed by atoms with E-state index in [0.717, 1.165) is 41.7 Å². The van der Waals surface area contributed by atoms with Crippen molar-refractivity contribution in [3.8, 4) is 11.3 Å². The molecular formula is C30H33N5O2. The van der Waals surface area contributed by atoms with Gasteiger partial charge in [-0.05, 0) is 55.9 Å². The maximum Gasteiger partial charge on any atom is 0.256 e. The van der Waals surface area contributed by atoms with Gasteiger partial charge in [0.2, 0.25) is 0 Å². The van der Waals surface area contributed by atoms with Crippen molar-refractivity contribution in [1.29, 1.82) is 0 Å². The minimum absolute atomic E-state index is 0.00895. The van der Waals surface area contributed by atoms with Crippen molar-refractivity contribution >= 4 is 28.5 Å². The lowest BCUT2D eigenvalue weighted by atomic mass is 9.91. The van der Waals surface area contributed by atoms with Crippen LogP contribution in [0.2, 0.25) is 0 Å². The zero-order valence-electron chi connectivity index (χ0n) is 22.1. The molecule has 1 fully saturated rings. The molecule has 5 rings (SSSR count). The van der Waals surface area contributed by atoms with Gasteiger partial charge in [-0.25, -0.2) is 4.98 Å². The number of likely N-dealkylation sites (tertiary alicyclic amines) is 1. The molecule has 190 valence electrons. The number of rotatable bonds is 4. The van der Waals surface area contributed by atoms with Crippen molar-refractivity contribution in [2.45, 2.75) is 34.1 Å². The van der Waals surface area contributed by atoms with Crippen LogP contribution in [0.4, 0.5) is 5.69 Å². The largest absolute Gasteiger partial charge is 0.338 e. The molecule has 2 aromatic heterocycles. The Balaban J connectivity index is 1.50. The summed E-state index contributed by atoms with van der Waals surface area (Å²) in [7, 11) is 1.83. The summed E-state index contributed by atoms with van der Waals surface area (Å²) in [5.74, 6) is 0.712. The summed E-state index contributed by atoms with van der Waals surface area (Å²) in [5, 5.41) is 8.32. The van der Waals surface area contributed by atoms with E-state index in [-0.39, 0.29) is 11.8 Å². The van der Waals surface area contributed by atoms with Crippen LogP contribution >= 0.6 is 0 Å². The number of nitrogens with zero attached hydrogens (tertiary/aromatic N) is 4. The van der Waals surface area contributed by atoms with Crippen molar-refractivity contribution in [3.05, 3.63) is 77.0 Å². The molecule has 1 saturated heterocycles. The van der Waals surface area contributed by atoms with E-state index in [0.29, 0.717) is 40.0 Å². The third kappa shape index (κ3) is 4.86. The molecule has 4 aromatic rings. The lowest BCUT2D eigenvalue weighted by Crippen LogP contribution is -2.42. The molecule has 3 heterocycles. The molecule has 7 heteroatoms. The fraction of sp³-hybridized carbons (Fsp3) is 0.333. The average Bonchev–Trinajstić information content (AvgIpc) is 3.17. The molecule has 37 heavy (non-hydrogen) atoms. The molecule has 0 saturated carbocycles. The normalized spacial score (nSPS) is 17.7. The van der Waals surface area contributed by atoms with Crippen molar-refractivity contribution in [2.24, 2.45) is 18.9 Å². The minimum atomic E-state index is -0.256. The van der Waals surface area contributed by atoms with Crippen LogP contribution < -0.4 is 5.32 Å². The molecule has 0 bridgehead atoms. The molecule has 0 radical (unpaired) electrons. The predicted molar refractivity (Wildman–Crippen MR) is 147 cm³/mol. The van der Waals surface area contributed by atoms with E-state index < -0.39 is 0 Å². The third-order valence-corrected chi connectivity index (χ3v) is 7.17. The number of aryl methyl sites for hydroxylation is 3. The number of piperidine rings is 1. The van der Waals surface area contributed by atoms with Crippen LogP contribution in [0.1, 0.15) is 52.2 Å². The highest BCUT2D eigenvalue weighted by atomic mass is 16.2. The van der Waals surface area contributed by atoms with Gasteiger partial charge in [-0.1, -0.05) is 50.2 Å². The van der Waals surface area contributed by atoms with Crippen LogP contribution in [-0.2, 0) is 7.05 Å². The number of amides is 2. The van der Waals surface area contributed by atoms with Gasteiger partial charge in [0.15, 0.2) is 5.65 Å². The highest BCUT2D eigenvalue weighted by Crippen LogP contribution is 2.29. The number of hydrogen-bond donors (Lipinski definition) is 1. The van der Waals surface area contributed by atoms with Gasteiger partial charge in [0.05, 0.1) is 22.3 Å². The first-order valence-electron chi connectivity index (χ1n) is 12.8. The molecule has 2 unspecified atom stereocenters. The molecular weight excluding hydrogens is 462 g/mol. The number of pyridine rings is 1. The number of anilines is 1. The summed E-state index contributed by atoms with van der Waals surface area (Å²) in [6.07, 6.45) is 1.14. The smallest absolute Gasteiger partial charge is 0.256 e. The summed E-state index contributed by atoms with van der Waals surface area (Å²) >= 11 is 0. The Kier molecular flexibility index (Phi) is 6.54. The van der Waals surface area contributed by atoms with Gasteiger partial charge in [0.25, 0.3) is 11.8 Å². The average molecular weight is 496 g/mol. The predicted octanol–water partition coefficient (Wildman–Crippen LogP) is 5.62. The fourth-order valence-corrected chi connectivity index (χ4v) is 5.47. The fourth-order valence-electron chi connectivity index (χ4n) is 5.47. The highest BCUT2D eigenvalue weighted by molar-refractivity contribution is 6.13. The molecule has 1 aliphatic heterocycles. The number of nitrogens with one attached hydrogen (secondary N) is 1. The maximum atomic E-state index is 13.7. The Morgan fingerprint density at radius 3 is 2.38 bits per heavy atom. The zero-order valence-corrected chi connectivity index (χ0v) is 22.1. The summed E-state index contributed by atoms with van der Waals surface area (Å²) < 4.78 is 1.71. The molecule has 1 aliphatic rings. The van der Waals surface area contributed by atoms with E-state index in [4.69, 9.17) is 4.98 Å². The van der Waals surface area contributed by atoms with Crippen LogP contribution in [0.15, 0.2) is 54.6 Å². The van der Waals surface area contributed by atoms with Gasteiger partial charge in [-0.2, -0.15) is 5.10 Å². The van der Waals surface area contributed by atoms with Gasteiger partial charge in [0.1, 0.15) is 0 Å². The van der Waals surface area contributed by atoms with E-state index in [1.807, 2.05) is 74.3 Å². The second kappa shape index (κ2) is 9.81. The van der Waals surface area contributed by atoms with Gasteiger partial charge in [-0.3, -0.25) is 14.3 Å². The summed E-state index contributed by atoms with van der Waals surface area (Å²) in [5.41, 5.74) is 5.63. The second-order valence-corrected chi connectivity index (χ2v) is 10.5. The quantitative estimate of drug-likeness (QED) is 0.398. The van der Waals surface area contributed by atoms with Crippen LogP contribution in [0.3, 0.4) is 0 Å². The first-order chi connectivity index (χ1) is 17.7. The minimum Gasteiger partial charge on any atom is -0.338 e. The van der Waals surface area contributed by atoms with Crippen LogP contribution in [0.25, 0.3) is 22.3 Å². The number of benzene rings is 2. The maximum absolute atomic E-state index is 13.7. The molecule has 0 aliphatic carbocycles. The number of carbonyl (C=O) groups excluding carboxylic acids is 2. The lowest BCUT2D eigenvalue weighted by molar-refractivity contribution is 0.0623. The molecule has 2 aromatic carbocycles. The molecule has 0 spiro atoms. The Bertz CT molecular complexity index is 1480. The lowest BCUT2D eigenvalue weighted by Gasteiger charge is -2.35. The van der Waals surface area contributed by atoms with Crippen molar-refractivity contribution in [1.82, 2.24) is 19.7 Å². The number of fused-ring (bicyclic) bond motifs is 1. The Hall–Kier alpha value is -4.00. The second-order valence-electron chi connectivity index (χ2n) is 10.5. The van der Waals surface area contributed by atoms with E-state index in [2.05, 4.69) is 24.3 Å². The Morgan fingerprint density at radius 2 is 1.68 bits per heavy atom. The van der Waals surface area contributed by atoms with Crippen molar-refractivity contribution < 1.29 is 9.59 Å². The molecule has 1 N–H and O–H groups in total. The Morgan fingerprint density at radius 1 is 0.973 bits per heavy atom. The van der Waals surface area contributed by atoms with Crippen LogP contribution in [0, 0.1) is 25.7 Å². The SMILES string of the molecule is Cc1ccc(C(=O)N2CC(C)CC(C)C2)cc1NC(=O)c1cc(-c2ccccc2)nc2c1c(C)nn2C. The standard InChI is InChI=1S/C30H33N5O2/c1-18-13-19(2)17-35(16-18)30(37)23-12-11-20(3)25(14-23)32-29(36)24-15-26(22-9-7-6-8-10-22)31-28-27(24)21(4)33-34(28)5/h6-12,14-15,18-19H,13,16-17H2,1-5H3,(H,32,36). The summed E-state index contributed by atoms with van der Waals surface area (Å²) in [6.45, 7) is 9.72. The van der Waals surface area contributed by atoms with Gasteiger partial charge in [0, 0.05) is 37.0 Å². The topological polar surface area (TPSA) is 80.1 Å². The van der Waals surface area contributed by atoms with Crippen LogP contribution in [0.5, 0.6) is 0 Å². The number of hydrogen-bond acceptors (Lipinski definition) is 4.